The Morgan fingerprint density at radius 1 is 1.44 bits per heavy atom. The van der Waals surface area contributed by atoms with Gasteiger partial charge in [0.05, 0.1) is 12.5 Å². The first-order chi connectivity index (χ1) is 8.63. The number of benzene rings is 1. The van der Waals surface area contributed by atoms with Gasteiger partial charge in [-0.15, -0.1) is 0 Å². The number of hydrogen-bond acceptors (Lipinski definition) is 3. The van der Waals surface area contributed by atoms with E-state index in [0.717, 1.165) is 17.9 Å². The van der Waals surface area contributed by atoms with Crippen LogP contribution < -0.4 is 4.74 Å². The molecule has 1 aromatic rings. The number of para-hydroxylation sites is 1. The van der Waals surface area contributed by atoms with E-state index in [9.17, 15) is 9.90 Å². The van der Waals surface area contributed by atoms with Crippen molar-refractivity contribution in [2.75, 3.05) is 26.7 Å². The minimum atomic E-state index is -0.726. The van der Waals surface area contributed by atoms with Gasteiger partial charge in [-0.25, -0.2) is 0 Å². The average Bonchev–Trinajstić information content (AvgIpc) is 2.72. The van der Waals surface area contributed by atoms with Gasteiger partial charge >= 0.3 is 5.97 Å². The van der Waals surface area contributed by atoms with E-state index in [4.69, 9.17) is 4.74 Å². The van der Waals surface area contributed by atoms with E-state index in [0.29, 0.717) is 13.2 Å². The van der Waals surface area contributed by atoms with Crippen molar-refractivity contribution in [3.8, 4) is 5.75 Å². The largest absolute Gasteiger partial charge is 0.494 e. The summed E-state index contributed by atoms with van der Waals surface area (Å²) < 4.78 is 5.60. The molecule has 2 atom stereocenters. The van der Waals surface area contributed by atoms with Crippen molar-refractivity contribution < 1.29 is 14.6 Å². The summed E-state index contributed by atoms with van der Waals surface area (Å²) in [5, 5.41) is 9.32. The zero-order valence-electron chi connectivity index (χ0n) is 10.8. The number of nitrogens with zero attached hydrogens (tertiary/aromatic N) is 1. The number of likely N-dealkylation sites (N-methyl/N-ethyl adjacent to an activating group) is 1. The van der Waals surface area contributed by atoms with Crippen molar-refractivity contribution in [1.82, 2.24) is 4.90 Å². The molecule has 0 bridgehead atoms. The van der Waals surface area contributed by atoms with Crippen LogP contribution in [-0.4, -0.2) is 42.7 Å². The van der Waals surface area contributed by atoms with Crippen LogP contribution in [-0.2, 0) is 4.79 Å². The number of carboxylic acids is 1. The Kier molecular flexibility index (Phi) is 3.87. The molecule has 0 aromatic heterocycles. The van der Waals surface area contributed by atoms with Crippen LogP contribution in [0.25, 0.3) is 0 Å². The molecule has 0 aliphatic carbocycles. The maximum absolute atomic E-state index is 11.3. The van der Waals surface area contributed by atoms with E-state index < -0.39 is 5.97 Å². The van der Waals surface area contributed by atoms with E-state index in [-0.39, 0.29) is 11.8 Å². The van der Waals surface area contributed by atoms with Gasteiger partial charge in [0.2, 0.25) is 0 Å². The maximum Gasteiger partial charge on any atom is 0.308 e. The van der Waals surface area contributed by atoms with Crippen LogP contribution >= 0.6 is 0 Å². The summed E-state index contributed by atoms with van der Waals surface area (Å²) in [6, 6.07) is 7.75. The van der Waals surface area contributed by atoms with Crippen LogP contribution in [0, 0.1) is 5.92 Å². The molecule has 1 aromatic carbocycles. The van der Waals surface area contributed by atoms with E-state index >= 15 is 0 Å². The second kappa shape index (κ2) is 5.40. The first kappa shape index (κ1) is 12.9. The molecule has 98 valence electrons. The Balaban J connectivity index is 2.32. The molecule has 4 heteroatoms. The topological polar surface area (TPSA) is 49.8 Å². The third-order valence-corrected chi connectivity index (χ3v) is 3.44. The van der Waals surface area contributed by atoms with Gasteiger partial charge in [0.25, 0.3) is 0 Å². The lowest BCUT2D eigenvalue weighted by Gasteiger charge is -2.18. The third-order valence-electron chi connectivity index (χ3n) is 3.44. The normalized spacial score (nSPS) is 24.1. The van der Waals surface area contributed by atoms with Crippen LogP contribution in [0.1, 0.15) is 18.4 Å². The van der Waals surface area contributed by atoms with Crippen LogP contribution in [0.4, 0.5) is 0 Å². The zero-order chi connectivity index (χ0) is 13.1. The number of carbonyl (C=O) groups is 1. The van der Waals surface area contributed by atoms with Gasteiger partial charge in [0.1, 0.15) is 5.75 Å². The second-order valence-electron chi connectivity index (χ2n) is 4.74. The van der Waals surface area contributed by atoms with Crippen molar-refractivity contribution in [3.63, 3.8) is 0 Å². The Bertz CT molecular complexity index is 433. The Morgan fingerprint density at radius 2 is 2.17 bits per heavy atom. The van der Waals surface area contributed by atoms with Crippen molar-refractivity contribution in [2.24, 2.45) is 5.92 Å². The van der Waals surface area contributed by atoms with Gasteiger partial charge < -0.3 is 14.7 Å². The standard InChI is InChI=1S/C14H19NO3/c1-3-18-13-7-5-4-6-10(13)11-8-15(2)9-12(11)14(16)17/h4-7,11-12H,3,8-9H2,1-2H3,(H,16,17). The van der Waals surface area contributed by atoms with Gasteiger partial charge in [-0.1, -0.05) is 18.2 Å². The summed E-state index contributed by atoms with van der Waals surface area (Å²) in [5.74, 6) is -0.256. The lowest BCUT2D eigenvalue weighted by molar-refractivity contribution is -0.141. The number of carboxylic acid groups (broad SMARTS) is 1. The third kappa shape index (κ3) is 2.48. The highest BCUT2D eigenvalue weighted by atomic mass is 16.5. The summed E-state index contributed by atoms with van der Waals surface area (Å²) in [7, 11) is 1.96. The van der Waals surface area contributed by atoms with Gasteiger partial charge in [0.15, 0.2) is 0 Å². The van der Waals surface area contributed by atoms with Gasteiger partial charge in [-0.05, 0) is 25.6 Å². The van der Waals surface area contributed by atoms with E-state index in [1.807, 2.05) is 38.2 Å². The molecule has 1 aliphatic rings. The molecule has 4 nitrogen and oxygen atoms in total. The average molecular weight is 249 g/mol. The Labute approximate surface area is 107 Å². The second-order valence-corrected chi connectivity index (χ2v) is 4.74. The summed E-state index contributed by atoms with van der Waals surface area (Å²) in [5.41, 5.74) is 1.01. The van der Waals surface area contributed by atoms with Crippen molar-refractivity contribution >= 4 is 5.97 Å². The predicted molar refractivity (Wildman–Crippen MR) is 69.0 cm³/mol. The molecule has 0 saturated carbocycles. The van der Waals surface area contributed by atoms with Gasteiger partial charge in [-0.3, -0.25) is 4.79 Å². The highest BCUT2D eigenvalue weighted by Crippen LogP contribution is 2.37. The fourth-order valence-corrected chi connectivity index (χ4v) is 2.64. The van der Waals surface area contributed by atoms with Gasteiger partial charge in [0, 0.05) is 19.0 Å². The molecule has 1 saturated heterocycles. The van der Waals surface area contributed by atoms with Crippen molar-refractivity contribution in [3.05, 3.63) is 29.8 Å². The molecule has 1 fully saturated rings. The zero-order valence-corrected chi connectivity index (χ0v) is 10.8. The lowest BCUT2D eigenvalue weighted by Crippen LogP contribution is -2.21. The fraction of sp³-hybridized carbons (Fsp3) is 0.500. The summed E-state index contributed by atoms with van der Waals surface area (Å²) >= 11 is 0. The predicted octanol–water partition coefficient (Wildman–Crippen LogP) is 1.82. The first-order valence-electron chi connectivity index (χ1n) is 6.26. The monoisotopic (exact) mass is 249 g/mol. The summed E-state index contributed by atoms with van der Waals surface area (Å²) in [4.78, 5) is 13.4. The number of rotatable bonds is 4. The first-order valence-corrected chi connectivity index (χ1v) is 6.26. The molecule has 18 heavy (non-hydrogen) atoms. The molecule has 0 spiro atoms. The molecule has 1 N–H and O–H groups in total. The summed E-state index contributed by atoms with van der Waals surface area (Å²) in [6.07, 6.45) is 0. The molecule has 1 aliphatic heterocycles. The number of aliphatic carboxylic acids is 1. The van der Waals surface area contributed by atoms with Crippen LogP contribution in [0.5, 0.6) is 5.75 Å². The van der Waals surface area contributed by atoms with Crippen LogP contribution in [0.2, 0.25) is 0 Å². The smallest absolute Gasteiger partial charge is 0.308 e. The molecule has 2 unspecified atom stereocenters. The summed E-state index contributed by atoms with van der Waals surface area (Å²) in [6.45, 7) is 3.89. The molecule has 0 radical (unpaired) electrons. The minimum absolute atomic E-state index is 0.00949. The quantitative estimate of drug-likeness (QED) is 0.884. The molecular formula is C14H19NO3. The Morgan fingerprint density at radius 3 is 2.83 bits per heavy atom. The molecule has 2 rings (SSSR count). The molecule has 1 heterocycles. The minimum Gasteiger partial charge on any atom is -0.494 e. The highest BCUT2D eigenvalue weighted by Gasteiger charge is 2.38. The molecular weight excluding hydrogens is 230 g/mol. The number of ether oxygens (including phenoxy) is 1. The van der Waals surface area contributed by atoms with E-state index in [1.54, 1.807) is 0 Å². The van der Waals surface area contributed by atoms with E-state index in [1.165, 1.54) is 0 Å². The fourth-order valence-electron chi connectivity index (χ4n) is 2.64. The number of hydrogen-bond donors (Lipinski definition) is 1. The van der Waals surface area contributed by atoms with Crippen molar-refractivity contribution in [1.29, 1.82) is 0 Å². The van der Waals surface area contributed by atoms with Crippen LogP contribution in [0.3, 0.4) is 0 Å². The SMILES string of the molecule is CCOc1ccccc1C1CN(C)CC1C(=O)O. The lowest BCUT2D eigenvalue weighted by atomic mass is 9.88. The highest BCUT2D eigenvalue weighted by molar-refractivity contribution is 5.72. The van der Waals surface area contributed by atoms with E-state index in [2.05, 4.69) is 4.90 Å². The van der Waals surface area contributed by atoms with Crippen molar-refractivity contribution in [2.45, 2.75) is 12.8 Å². The molecule has 0 amide bonds. The van der Waals surface area contributed by atoms with Crippen LogP contribution in [0.15, 0.2) is 24.3 Å². The number of likely N-dealkylation sites (tertiary alicyclic amines) is 1. The Hall–Kier alpha value is -1.55. The van der Waals surface area contributed by atoms with Gasteiger partial charge in [-0.2, -0.15) is 0 Å². The maximum atomic E-state index is 11.3.